The van der Waals surface area contributed by atoms with E-state index in [1.54, 1.807) is 0 Å². The Balaban J connectivity index is 2.40. The lowest BCUT2D eigenvalue weighted by molar-refractivity contribution is 0.111. The smallest absolute Gasteiger partial charge is 0.240 e. The average Bonchev–Trinajstić information content (AvgIpc) is 2.18. The minimum Gasteiger partial charge on any atom is -0.376 e. The van der Waals surface area contributed by atoms with Crippen LogP contribution in [0.3, 0.4) is 0 Å². The van der Waals surface area contributed by atoms with Gasteiger partial charge in [0, 0.05) is 0 Å². The molecule has 0 unspecified atom stereocenters. The minimum absolute atomic E-state index is 0.623. The number of hydrogen-bond acceptors (Lipinski definition) is 3. The predicted octanol–water partition coefficient (Wildman–Crippen LogP) is 1.73. The molecule has 0 saturated heterocycles. The summed E-state index contributed by atoms with van der Waals surface area (Å²) in [5.41, 5.74) is 3.07. The molecule has 0 atom stereocenters. The molecule has 0 N–H and O–H groups in total. The molecule has 0 radical (unpaired) electrons. The van der Waals surface area contributed by atoms with Crippen molar-refractivity contribution in [3.63, 3.8) is 0 Å². The number of aliphatic imine (C=N–C) groups is 1. The molecule has 0 aromatic heterocycles. The van der Waals surface area contributed by atoms with Crippen molar-refractivity contribution in [1.82, 2.24) is 0 Å². The van der Waals surface area contributed by atoms with Crippen molar-refractivity contribution in [2.45, 2.75) is 13.0 Å². The lowest BCUT2D eigenvalue weighted by atomic mass is 10.0. The SMILES string of the molecule is O=C=Nc1ccc2c(c1)COCC2. The monoisotopic (exact) mass is 175 g/mol. The Kier molecular flexibility index (Phi) is 2.21. The fraction of sp³-hybridized carbons (Fsp3) is 0.300. The normalized spacial score (nSPS) is 14.5. The Morgan fingerprint density at radius 2 is 2.31 bits per heavy atom. The van der Waals surface area contributed by atoms with E-state index in [0.29, 0.717) is 12.3 Å². The average molecular weight is 175 g/mol. The first-order valence-electron chi connectivity index (χ1n) is 4.17. The second-order valence-corrected chi connectivity index (χ2v) is 2.96. The van der Waals surface area contributed by atoms with E-state index in [9.17, 15) is 4.79 Å². The summed E-state index contributed by atoms with van der Waals surface area (Å²) in [6, 6.07) is 5.70. The topological polar surface area (TPSA) is 38.7 Å². The standard InChI is InChI=1S/C10H9NO2/c12-7-11-10-2-1-8-3-4-13-6-9(8)5-10/h1-2,5H,3-4,6H2. The Labute approximate surface area is 76.1 Å². The Hall–Kier alpha value is -1.44. The molecule has 66 valence electrons. The summed E-state index contributed by atoms with van der Waals surface area (Å²) < 4.78 is 5.29. The summed E-state index contributed by atoms with van der Waals surface area (Å²) in [6.45, 7) is 1.40. The summed E-state index contributed by atoms with van der Waals surface area (Å²) >= 11 is 0. The van der Waals surface area contributed by atoms with E-state index in [4.69, 9.17) is 4.74 Å². The van der Waals surface area contributed by atoms with Gasteiger partial charge >= 0.3 is 0 Å². The Bertz CT molecular complexity index is 367. The van der Waals surface area contributed by atoms with Gasteiger partial charge in [-0.2, -0.15) is 4.99 Å². The molecule has 13 heavy (non-hydrogen) atoms. The molecule has 0 bridgehead atoms. The van der Waals surface area contributed by atoms with Crippen LogP contribution in [0.5, 0.6) is 0 Å². The Morgan fingerprint density at radius 3 is 3.15 bits per heavy atom. The first-order valence-corrected chi connectivity index (χ1v) is 4.17. The van der Waals surface area contributed by atoms with Crippen LogP contribution in [-0.4, -0.2) is 12.7 Å². The molecule has 0 saturated carbocycles. The van der Waals surface area contributed by atoms with E-state index in [1.807, 2.05) is 18.2 Å². The zero-order valence-electron chi connectivity index (χ0n) is 7.12. The number of carbonyl (C=O) groups excluding carboxylic acids is 1. The van der Waals surface area contributed by atoms with E-state index in [0.717, 1.165) is 18.6 Å². The third-order valence-corrected chi connectivity index (χ3v) is 2.14. The molecule has 3 nitrogen and oxygen atoms in total. The van der Waals surface area contributed by atoms with Crippen LogP contribution in [-0.2, 0) is 22.6 Å². The van der Waals surface area contributed by atoms with Crippen LogP contribution in [0.1, 0.15) is 11.1 Å². The minimum atomic E-state index is 0.623. The first kappa shape index (κ1) is 8.17. The van der Waals surface area contributed by atoms with Gasteiger partial charge in [0.1, 0.15) is 0 Å². The van der Waals surface area contributed by atoms with Crippen molar-refractivity contribution >= 4 is 11.8 Å². The summed E-state index contributed by atoms with van der Waals surface area (Å²) in [7, 11) is 0. The molecule has 1 aliphatic rings. The molecule has 0 aliphatic carbocycles. The van der Waals surface area contributed by atoms with Gasteiger partial charge in [0.05, 0.1) is 18.9 Å². The van der Waals surface area contributed by atoms with Crippen LogP contribution >= 0.6 is 0 Å². The van der Waals surface area contributed by atoms with Crippen LogP contribution in [0.25, 0.3) is 0 Å². The zero-order valence-corrected chi connectivity index (χ0v) is 7.12. The number of ether oxygens (including phenoxy) is 1. The molecular weight excluding hydrogens is 166 g/mol. The van der Waals surface area contributed by atoms with Crippen molar-refractivity contribution in [3.05, 3.63) is 29.3 Å². The van der Waals surface area contributed by atoms with Crippen molar-refractivity contribution in [2.24, 2.45) is 4.99 Å². The van der Waals surface area contributed by atoms with Gasteiger partial charge in [-0.1, -0.05) is 6.07 Å². The molecule has 0 amide bonds. The van der Waals surface area contributed by atoms with Gasteiger partial charge in [-0.05, 0) is 29.7 Å². The maximum atomic E-state index is 10.0. The highest BCUT2D eigenvalue weighted by molar-refractivity contribution is 5.51. The van der Waals surface area contributed by atoms with Gasteiger partial charge in [0.25, 0.3) is 0 Å². The molecule has 2 rings (SSSR count). The number of benzene rings is 1. The number of nitrogens with zero attached hydrogens (tertiary/aromatic N) is 1. The molecule has 0 spiro atoms. The number of hydrogen-bond donors (Lipinski definition) is 0. The van der Waals surface area contributed by atoms with Gasteiger partial charge in [-0.15, -0.1) is 0 Å². The lowest BCUT2D eigenvalue weighted by Gasteiger charge is -2.15. The van der Waals surface area contributed by atoms with Crippen molar-refractivity contribution in [1.29, 1.82) is 0 Å². The van der Waals surface area contributed by atoms with Gasteiger partial charge < -0.3 is 4.74 Å². The highest BCUT2D eigenvalue weighted by atomic mass is 16.5. The van der Waals surface area contributed by atoms with E-state index in [1.165, 1.54) is 11.6 Å². The van der Waals surface area contributed by atoms with E-state index in [-0.39, 0.29) is 0 Å². The van der Waals surface area contributed by atoms with Crippen LogP contribution in [0.4, 0.5) is 5.69 Å². The maximum absolute atomic E-state index is 10.0. The molecular formula is C10H9NO2. The molecule has 1 aliphatic heterocycles. The van der Waals surface area contributed by atoms with Gasteiger partial charge in [-0.3, -0.25) is 0 Å². The highest BCUT2D eigenvalue weighted by Crippen LogP contribution is 2.22. The largest absolute Gasteiger partial charge is 0.376 e. The summed E-state index contributed by atoms with van der Waals surface area (Å²) in [5.74, 6) is 0. The second-order valence-electron chi connectivity index (χ2n) is 2.96. The lowest BCUT2D eigenvalue weighted by Crippen LogP contribution is -2.08. The van der Waals surface area contributed by atoms with Crippen LogP contribution in [0.15, 0.2) is 23.2 Å². The number of isocyanates is 1. The third-order valence-electron chi connectivity index (χ3n) is 2.14. The molecule has 1 aromatic rings. The quantitative estimate of drug-likeness (QED) is 0.481. The molecule has 1 aromatic carbocycles. The third kappa shape index (κ3) is 1.66. The van der Waals surface area contributed by atoms with E-state index >= 15 is 0 Å². The van der Waals surface area contributed by atoms with Crippen molar-refractivity contribution in [2.75, 3.05) is 6.61 Å². The van der Waals surface area contributed by atoms with Gasteiger partial charge in [0.2, 0.25) is 6.08 Å². The highest BCUT2D eigenvalue weighted by Gasteiger charge is 2.08. The fourth-order valence-corrected chi connectivity index (χ4v) is 1.48. The van der Waals surface area contributed by atoms with Crippen molar-refractivity contribution in [3.8, 4) is 0 Å². The first-order chi connectivity index (χ1) is 6.40. The second kappa shape index (κ2) is 3.52. The van der Waals surface area contributed by atoms with Gasteiger partial charge in [-0.25, -0.2) is 4.79 Å². The summed E-state index contributed by atoms with van der Waals surface area (Å²) in [6.07, 6.45) is 2.47. The van der Waals surface area contributed by atoms with E-state index in [2.05, 4.69) is 4.99 Å². The van der Waals surface area contributed by atoms with Crippen LogP contribution < -0.4 is 0 Å². The van der Waals surface area contributed by atoms with Crippen molar-refractivity contribution < 1.29 is 9.53 Å². The molecule has 3 heteroatoms. The number of rotatable bonds is 1. The van der Waals surface area contributed by atoms with Gasteiger partial charge in [0.15, 0.2) is 0 Å². The van der Waals surface area contributed by atoms with Crippen LogP contribution in [0, 0.1) is 0 Å². The number of fused-ring (bicyclic) bond motifs is 1. The van der Waals surface area contributed by atoms with E-state index < -0.39 is 0 Å². The van der Waals surface area contributed by atoms with Crippen LogP contribution in [0.2, 0.25) is 0 Å². The molecule has 1 heterocycles. The fourth-order valence-electron chi connectivity index (χ4n) is 1.48. The Morgan fingerprint density at radius 1 is 1.38 bits per heavy atom. The summed E-state index contributed by atoms with van der Waals surface area (Å²) in [5, 5.41) is 0. The zero-order chi connectivity index (χ0) is 9.10. The maximum Gasteiger partial charge on any atom is 0.240 e. The summed E-state index contributed by atoms with van der Waals surface area (Å²) in [4.78, 5) is 13.6. The predicted molar refractivity (Wildman–Crippen MR) is 47.6 cm³/mol. The molecule has 0 fully saturated rings.